The van der Waals surface area contributed by atoms with Gasteiger partial charge in [-0.25, -0.2) is 0 Å². The minimum absolute atomic E-state index is 0.0498. The summed E-state index contributed by atoms with van der Waals surface area (Å²) in [5.41, 5.74) is -0.867. The lowest BCUT2D eigenvalue weighted by Gasteiger charge is -2.19. The van der Waals surface area contributed by atoms with Gasteiger partial charge in [-0.15, -0.1) is 23.2 Å². The van der Waals surface area contributed by atoms with Crippen molar-refractivity contribution in [2.45, 2.75) is 74.3 Å². The monoisotopic (exact) mass is 322 g/mol. The minimum atomic E-state index is -0.433. The van der Waals surface area contributed by atoms with Crippen LogP contribution in [0.5, 0.6) is 0 Å². The zero-order valence-corrected chi connectivity index (χ0v) is 13.5. The summed E-state index contributed by atoms with van der Waals surface area (Å²) in [5.74, 6) is 0. The van der Waals surface area contributed by atoms with Gasteiger partial charge in [-0.2, -0.15) is 0 Å². The first-order valence-corrected chi connectivity index (χ1v) is 7.95. The highest BCUT2D eigenvalue weighted by atomic mass is 35.5. The SMILES string of the molecule is CCCC(Cl)CC(Cl)OC(Cl)CC(Cl)CCC. The largest absolute Gasteiger partial charge is 0.343 e. The van der Waals surface area contributed by atoms with Gasteiger partial charge in [-0.3, -0.25) is 0 Å². The molecular formula is C12H22Cl4O. The third kappa shape index (κ3) is 10.7. The van der Waals surface area contributed by atoms with Crippen LogP contribution >= 0.6 is 46.4 Å². The van der Waals surface area contributed by atoms with E-state index in [0.29, 0.717) is 12.8 Å². The third-order valence-electron chi connectivity index (χ3n) is 2.38. The number of hydrogen-bond donors (Lipinski definition) is 0. The molecule has 104 valence electrons. The van der Waals surface area contributed by atoms with E-state index in [-0.39, 0.29) is 10.8 Å². The van der Waals surface area contributed by atoms with E-state index in [4.69, 9.17) is 51.1 Å². The maximum Gasteiger partial charge on any atom is 0.134 e. The van der Waals surface area contributed by atoms with Crippen LogP contribution in [0, 0.1) is 0 Å². The quantitative estimate of drug-likeness (QED) is 0.466. The summed E-state index contributed by atoms with van der Waals surface area (Å²) in [6.45, 7) is 4.18. The third-order valence-corrected chi connectivity index (χ3v) is 3.74. The highest BCUT2D eigenvalue weighted by Gasteiger charge is 2.18. The average Bonchev–Trinajstić information content (AvgIpc) is 2.16. The van der Waals surface area contributed by atoms with E-state index in [0.717, 1.165) is 25.7 Å². The fourth-order valence-corrected chi connectivity index (χ4v) is 3.21. The molecule has 0 aliphatic rings. The number of alkyl halides is 4. The van der Waals surface area contributed by atoms with Gasteiger partial charge in [0.2, 0.25) is 0 Å². The van der Waals surface area contributed by atoms with Crippen molar-refractivity contribution in [3.8, 4) is 0 Å². The summed E-state index contributed by atoms with van der Waals surface area (Å²) in [6, 6.07) is 0. The Morgan fingerprint density at radius 3 is 1.41 bits per heavy atom. The van der Waals surface area contributed by atoms with Gasteiger partial charge < -0.3 is 4.74 Å². The van der Waals surface area contributed by atoms with Gasteiger partial charge in [0.1, 0.15) is 11.1 Å². The van der Waals surface area contributed by atoms with Crippen LogP contribution in [0.2, 0.25) is 0 Å². The fourth-order valence-electron chi connectivity index (χ4n) is 1.54. The molecule has 0 aliphatic carbocycles. The fraction of sp³-hybridized carbons (Fsp3) is 1.00. The molecule has 0 heterocycles. The Morgan fingerprint density at radius 2 is 1.12 bits per heavy atom. The average molecular weight is 324 g/mol. The van der Waals surface area contributed by atoms with Gasteiger partial charge in [-0.05, 0) is 12.8 Å². The van der Waals surface area contributed by atoms with E-state index in [1.165, 1.54) is 0 Å². The summed E-state index contributed by atoms with van der Waals surface area (Å²) in [5, 5.41) is 0.0996. The van der Waals surface area contributed by atoms with Crippen molar-refractivity contribution < 1.29 is 4.74 Å². The van der Waals surface area contributed by atoms with Crippen molar-refractivity contribution in [1.29, 1.82) is 0 Å². The molecule has 0 fully saturated rings. The Labute approximate surface area is 125 Å². The smallest absolute Gasteiger partial charge is 0.134 e. The molecule has 0 radical (unpaired) electrons. The van der Waals surface area contributed by atoms with Crippen LogP contribution in [0.4, 0.5) is 0 Å². The van der Waals surface area contributed by atoms with Crippen LogP contribution in [0.25, 0.3) is 0 Å². The Hall–Kier alpha value is 1.12. The summed E-state index contributed by atoms with van der Waals surface area (Å²) >= 11 is 24.2. The zero-order valence-electron chi connectivity index (χ0n) is 10.5. The molecule has 0 N–H and O–H groups in total. The second kappa shape index (κ2) is 11.0. The standard InChI is InChI=1S/C12H22Cl4O/c1-3-5-9(13)7-11(15)17-12(16)8-10(14)6-4-2/h9-12H,3-8H2,1-2H3. The van der Waals surface area contributed by atoms with E-state index in [1.807, 2.05) is 0 Å². The topological polar surface area (TPSA) is 9.23 Å². The molecule has 0 saturated carbocycles. The molecule has 1 nitrogen and oxygen atoms in total. The first-order valence-electron chi connectivity index (χ1n) is 6.21. The predicted molar refractivity (Wildman–Crippen MR) is 78.7 cm³/mol. The van der Waals surface area contributed by atoms with Crippen LogP contribution in [-0.4, -0.2) is 21.9 Å². The van der Waals surface area contributed by atoms with Crippen molar-refractivity contribution >= 4 is 46.4 Å². The molecule has 0 aromatic rings. The lowest BCUT2D eigenvalue weighted by atomic mass is 10.2. The highest BCUT2D eigenvalue weighted by molar-refractivity contribution is 6.24. The number of ether oxygens (including phenoxy) is 1. The second-order valence-corrected chi connectivity index (χ2v) is 6.41. The van der Waals surface area contributed by atoms with Gasteiger partial charge in [0.25, 0.3) is 0 Å². The van der Waals surface area contributed by atoms with Crippen molar-refractivity contribution in [3.63, 3.8) is 0 Å². The lowest BCUT2D eigenvalue weighted by Crippen LogP contribution is -2.19. The Balaban J connectivity index is 3.74. The summed E-state index contributed by atoms with van der Waals surface area (Å²) < 4.78 is 5.45. The summed E-state index contributed by atoms with van der Waals surface area (Å²) in [4.78, 5) is 0. The summed E-state index contributed by atoms with van der Waals surface area (Å²) in [6.07, 6.45) is 5.19. The second-order valence-electron chi connectivity index (χ2n) is 4.20. The van der Waals surface area contributed by atoms with Crippen LogP contribution in [0.15, 0.2) is 0 Å². The van der Waals surface area contributed by atoms with Crippen molar-refractivity contribution in [1.82, 2.24) is 0 Å². The highest BCUT2D eigenvalue weighted by Crippen LogP contribution is 2.22. The minimum Gasteiger partial charge on any atom is -0.343 e. The van der Waals surface area contributed by atoms with E-state index in [2.05, 4.69) is 13.8 Å². The maximum absolute atomic E-state index is 6.08. The first-order chi connectivity index (χ1) is 7.99. The van der Waals surface area contributed by atoms with E-state index in [1.54, 1.807) is 0 Å². The van der Waals surface area contributed by atoms with Crippen LogP contribution in [0.3, 0.4) is 0 Å². The van der Waals surface area contributed by atoms with Gasteiger partial charge >= 0.3 is 0 Å². The molecule has 0 aromatic heterocycles. The van der Waals surface area contributed by atoms with E-state index >= 15 is 0 Å². The molecule has 4 atom stereocenters. The Kier molecular flexibility index (Phi) is 11.7. The number of hydrogen-bond acceptors (Lipinski definition) is 1. The normalized spacial score (nSPS) is 18.7. The first kappa shape index (κ1) is 18.1. The number of halogens is 4. The van der Waals surface area contributed by atoms with Gasteiger partial charge in [-0.1, -0.05) is 49.9 Å². The van der Waals surface area contributed by atoms with E-state index in [9.17, 15) is 0 Å². The summed E-state index contributed by atoms with van der Waals surface area (Å²) in [7, 11) is 0. The molecule has 4 unspecified atom stereocenters. The molecule has 0 rings (SSSR count). The predicted octanol–water partition coefficient (Wildman–Crippen LogP) is 5.73. The molecule has 0 spiro atoms. The molecule has 0 aliphatic heterocycles. The van der Waals surface area contributed by atoms with Crippen molar-refractivity contribution in [2.75, 3.05) is 0 Å². The molecular weight excluding hydrogens is 302 g/mol. The molecule has 0 saturated heterocycles. The van der Waals surface area contributed by atoms with Crippen LogP contribution < -0.4 is 0 Å². The molecule has 0 bridgehead atoms. The Morgan fingerprint density at radius 1 is 0.765 bits per heavy atom. The lowest BCUT2D eigenvalue weighted by molar-refractivity contribution is 0.0704. The van der Waals surface area contributed by atoms with Crippen LogP contribution in [0.1, 0.15) is 52.4 Å². The zero-order chi connectivity index (χ0) is 13.3. The maximum atomic E-state index is 6.08. The Bertz CT molecular complexity index is 162. The molecule has 0 amide bonds. The van der Waals surface area contributed by atoms with Crippen molar-refractivity contribution in [3.05, 3.63) is 0 Å². The number of rotatable bonds is 10. The van der Waals surface area contributed by atoms with E-state index < -0.39 is 11.1 Å². The van der Waals surface area contributed by atoms with Gasteiger partial charge in [0.15, 0.2) is 0 Å². The van der Waals surface area contributed by atoms with Crippen molar-refractivity contribution in [2.24, 2.45) is 0 Å². The molecule has 5 heteroatoms. The molecule has 0 aromatic carbocycles. The molecule has 17 heavy (non-hydrogen) atoms. The van der Waals surface area contributed by atoms with Gasteiger partial charge in [0, 0.05) is 23.6 Å². The van der Waals surface area contributed by atoms with Gasteiger partial charge in [0.05, 0.1) is 0 Å². The van der Waals surface area contributed by atoms with Crippen LogP contribution in [-0.2, 0) is 4.74 Å².